The average Bonchev–Trinajstić information content (AvgIpc) is 2.33. The molecule has 2 saturated carbocycles. The Morgan fingerprint density at radius 3 is 3.14 bits per heavy atom. The van der Waals surface area contributed by atoms with Crippen molar-refractivity contribution in [2.24, 2.45) is 17.8 Å². The predicted molar refractivity (Wildman–Crippen MR) is 57.1 cm³/mol. The van der Waals surface area contributed by atoms with Gasteiger partial charge in [0.2, 0.25) is 0 Å². The lowest BCUT2D eigenvalue weighted by Crippen LogP contribution is -2.33. The van der Waals surface area contributed by atoms with E-state index >= 15 is 0 Å². The first-order chi connectivity index (χ1) is 6.70. The summed E-state index contributed by atoms with van der Waals surface area (Å²) in [6.07, 6.45) is 8.03. The first kappa shape index (κ1) is 8.96. The van der Waals surface area contributed by atoms with Crippen molar-refractivity contribution in [2.75, 3.05) is 6.61 Å². The van der Waals surface area contributed by atoms with Gasteiger partial charge in [0.25, 0.3) is 0 Å². The number of allylic oxidation sites excluding steroid dienone is 1. The summed E-state index contributed by atoms with van der Waals surface area (Å²) < 4.78 is 5.92. The second-order valence-electron chi connectivity index (χ2n) is 5.58. The molecule has 2 bridgehead atoms. The van der Waals surface area contributed by atoms with E-state index in [-0.39, 0.29) is 5.60 Å². The van der Waals surface area contributed by atoms with Gasteiger partial charge in [-0.1, -0.05) is 11.6 Å². The van der Waals surface area contributed by atoms with E-state index in [0.717, 1.165) is 24.4 Å². The number of ether oxygens (including phenoxy) is 1. The van der Waals surface area contributed by atoms with E-state index in [1.165, 1.54) is 25.7 Å². The maximum absolute atomic E-state index is 5.92. The Morgan fingerprint density at radius 2 is 2.36 bits per heavy atom. The minimum absolute atomic E-state index is 0.0644. The Hall–Kier alpha value is -0.300. The minimum atomic E-state index is 0.0644. The van der Waals surface area contributed by atoms with Crippen molar-refractivity contribution in [2.45, 2.75) is 45.1 Å². The van der Waals surface area contributed by atoms with Gasteiger partial charge in [0.15, 0.2) is 0 Å². The van der Waals surface area contributed by atoms with Gasteiger partial charge in [0, 0.05) is 6.61 Å². The van der Waals surface area contributed by atoms with E-state index in [1.807, 2.05) is 0 Å². The van der Waals surface area contributed by atoms with Crippen LogP contribution in [0.1, 0.15) is 39.5 Å². The van der Waals surface area contributed by atoms with Gasteiger partial charge in [0.1, 0.15) is 0 Å². The first-order valence-electron chi connectivity index (χ1n) is 6.06. The van der Waals surface area contributed by atoms with Crippen LogP contribution in [0, 0.1) is 17.8 Å². The molecule has 0 radical (unpaired) electrons. The molecular formula is C13H20O. The Balaban J connectivity index is 1.89. The van der Waals surface area contributed by atoms with Crippen LogP contribution in [0.2, 0.25) is 0 Å². The molecule has 0 amide bonds. The zero-order chi connectivity index (χ0) is 9.76. The van der Waals surface area contributed by atoms with Gasteiger partial charge in [-0.25, -0.2) is 0 Å². The summed E-state index contributed by atoms with van der Waals surface area (Å²) in [5.74, 6) is 2.96. The Labute approximate surface area is 86.5 Å². The molecule has 4 atom stereocenters. The highest BCUT2D eigenvalue weighted by atomic mass is 16.5. The van der Waals surface area contributed by atoms with E-state index in [4.69, 9.17) is 4.74 Å². The summed E-state index contributed by atoms with van der Waals surface area (Å²) >= 11 is 0. The third-order valence-electron chi connectivity index (χ3n) is 4.43. The topological polar surface area (TPSA) is 9.23 Å². The first-order valence-corrected chi connectivity index (χ1v) is 6.06. The number of rotatable bonds is 2. The van der Waals surface area contributed by atoms with Crippen molar-refractivity contribution in [3.8, 4) is 0 Å². The molecule has 0 aliphatic heterocycles. The molecule has 0 N–H and O–H groups in total. The van der Waals surface area contributed by atoms with Crippen LogP contribution in [0.5, 0.6) is 0 Å². The Bertz CT molecular complexity index is 281. The van der Waals surface area contributed by atoms with Crippen LogP contribution in [-0.2, 0) is 4.74 Å². The molecule has 1 heteroatoms. The van der Waals surface area contributed by atoms with Crippen LogP contribution in [0.25, 0.3) is 0 Å². The molecule has 0 aromatic carbocycles. The van der Waals surface area contributed by atoms with Gasteiger partial charge in [-0.3, -0.25) is 0 Å². The summed E-state index contributed by atoms with van der Waals surface area (Å²) in [6.45, 7) is 5.23. The minimum Gasteiger partial charge on any atom is -0.371 e. The van der Waals surface area contributed by atoms with Crippen molar-refractivity contribution >= 4 is 0 Å². The zero-order valence-corrected chi connectivity index (χ0v) is 9.25. The number of hydrogen-bond acceptors (Lipinski definition) is 1. The molecule has 0 aromatic rings. The van der Waals surface area contributed by atoms with Gasteiger partial charge in [-0.15, -0.1) is 0 Å². The maximum Gasteiger partial charge on any atom is 0.0839 e. The second-order valence-corrected chi connectivity index (χ2v) is 5.58. The van der Waals surface area contributed by atoms with Gasteiger partial charge in [-0.2, -0.15) is 0 Å². The maximum atomic E-state index is 5.92. The second kappa shape index (κ2) is 2.85. The summed E-state index contributed by atoms with van der Waals surface area (Å²) in [7, 11) is 0. The van der Waals surface area contributed by atoms with Crippen molar-refractivity contribution in [1.82, 2.24) is 0 Å². The molecule has 14 heavy (non-hydrogen) atoms. The smallest absolute Gasteiger partial charge is 0.0839 e. The normalized spacial score (nSPS) is 49.6. The third-order valence-corrected chi connectivity index (χ3v) is 4.43. The molecule has 1 nitrogen and oxygen atoms in total. The van der Waals surface area contributed by atoms with Crippen molar-refractivity contribution < 1.29 is 4.74 Å². The lowest BCUT2D eigenvalue weighted by Gasteiger charge is -2.38. The predicted octanol–water partition coefficient (Wildman–Crippen LogP) is 3.16. The van der Waals surface area contributed by atoms with Gasteiger partial charge < -0.3 is 4.74 Å². The lowest BCUT2D eigenvalue weighted by atomic mass is 9.70. The molecule has 3 aliphatic rings. The summed E-state index contributed by atoms with van der Waals surface area (Å²) in [5.41, 5.74) is 1.78. The standard InChI is InChI=1S/C13H20O/c1-3-14-13(2)7-9-4-10-6-11(8-13)12(10)5-9/h8-10,12H,3-7H2,1-2H3. The third kappa shape index (κ3) is 1.18. The highest BCUT2D eigenvalue weighted by Crippen LogP contribution is 2.57. The van der Waals surface area contributed by atoms with Crippen LogP contribution in [-0.4, -0.2) is 12.2 Å². The molecule has 0 saturated heterocycles. The van der Waals surface area contributed by atoms with Crippen LogP contribution in [0.3, 0.4) is 0 Å². The van der Waals surface area contributed by atoms with Crippen LogP contribution in [0.15, 0.2) is 11.6 Å². The highest BCUT2D eigenvalue weighted by Gasteiger charge is 2.48. The Kier molecular flexibility index (Phi) is 1.82. The van der Waals surface area contributed by atoms with Crippen molar-refractivity contribution in [3.05, 3.63) is 11.6 Å². The van der Waals surface area contributed by atoms with Crippen molar-refractivity contribution in [1.29, 1.82) is 0 Å². The molecule has 4 unspecified atom stereocenters. The van der Waals surface area contributed by atoms with Gasteiger partial charge in [-0.05, 0) is 57.3 Å². The largest absolute Gasteiger partial charge is 0.371 e. The Morgan fingerprint density at radius 1 is 1.50 bits per heavy atom. The summed E-state index contributed by atoms with van der Waals surface area (Å²) in [4.78, 5) is 0. The molecule has 0 aromatic heterocycles. The fourth-order valence-electron chi connectivity index (χ4n) is 4.00. The van der Waals surface area contributed by atoms with E-state index in [0.29, 0.717) is 0 Å². The van der Waals surface area contributed by atoms with Crippen LogP contribution >= 0.6 is 0 Å². The fraction of sp³-hybridized carbons (Fsp3) is 0.846. The molecule has 2 fully saturated rings. The molecule has 3 rings (SSSR count). The molecule has 0 heterocycles. The fourth-order valence-corrected chi connectivity index (χ4v) is 4.00. The SMILES string of the molecule is CCOC1(C)C=C2CC3CC(CC23)C1. The van der Waals surface area contributed by atoms with Crippen molar-refractivity contribution in [3.63, 3.8) is 0 Å². The van der Waals surface area contributed by atoms with Gasteiger partial charge in [0.05, 0.1) is 5.60 Å². The van der Waals surface area contributed by atoms with E-state index in [1.54, 1.807) is 5.57 Å². The zero-order valence-electron chi connectivity index (χ0n) is 9.25. The molecule has 78 valence electrons. The van der Waals surface area contributed by atoms with Crippen LogP contribution in [0.4, 0.5) is 0 Å². The summed E-state index contributed by atoms with van der Waals surface area (Å²) in [5, 5.41) is 0. The van der Waals surface area contributed by atoms with Gasteiger partial charge >= 0.3 is 0 Å². The van der Waals surface area contributed by atoms with E-state index in [2.05, 4.69) is 19.9 Å². The quantitative estimate of drug-likeness (QED) is 0.611. The highest BCUT2D eigenvalue weighted by molar-refractivity contribution is 5.27. The average molecular weight is 192 g/mol. The molecular weight excluding hydrogens is 172 g/mol. The van der Waals surface area contributed by atoms with E-state index in [9.17, 15) is 0 Å². The lowest BCUT2D eigenvalue weighted by molar-refractivity contribution is -0.00541. The molecule has 3 aliphatic carbocycles. The van der Waals surface area contributed by atoms with Crippen LogP contribution < -0.4 is 0 Å². The number of hydrogen-bond donors (Lipinski definition) is 0. The van der Waals surface area contributed by atoms with E-state index < -0.39 is 0 Å². The monoisotopic (exact) mass is 192 g/mol. The molecule has 0 spiro atoms. The summed E-state index contributed by atoms with van der Waals surface area (Å²) in [6, 6.07) is 0. The number of fused-ring (bicyclic) bond motifs is 1.